The van der Waals surface area contributed by atoms with E-state index in [-0.39, 0.29) is 0 Å². The van der Waals surface area contributed by atoms with Crippen LogP contribution in [0.2, 0.25) is 0 Å². The van der Waals surface area contributed by atoms with Gasteiger partial charge in [-0.1, -0.05) is 0 Å². The van der Waals surface area contributed by atoms with Crippen LogP contribution >= 0.6 is 0 Å². The van der Waals surface area contributed by atoms with Crippen LogP contribution in [0.25, 0.3) is 22.3 Å². The molecule has 0 aliphatic carbocycles. The molecule has 5 nitrogen and oxygen atoms in total. The molecule has 5 heteroatoms. The summed E-state index contributed by atoms with van der Waals surface area (Å²) in [6, 6.07) is 7.66. The summed E-state index contributed by atoms with van der Waals surface area (Å²) < 4.78 is 10.7. The first-order valence-electron chi connectivity index (χ1n) is 6.95. The summed E-state index contributed by atoms with van der Waals surface area (Å²) in [5.74, 6) is 2.07. The second kappa shape index (κ2) is 5.60. The third kappa shape index (κ3) is 2.57. The Morgan fingerprint density at radius 2 is 1.59 bits per heavy atom. The summed E-state index contributed by atoms with van der Waals surface area (Å²) in [5, 5.41) is 0.856. The normalized spacial score (nSPS) is 10.7. The minimum atomic E-state index is 0.663. The summed E-state index contributed by atoms with van der Waals surface area (Å²) in [4.78, 5) is 13.5. The molecule has 2 aromatic heterocycles. The van der Waals surface area contributed by atoms with Crippen LogP contribution in [0.15, 0.2) is 30.5 Å². The molecule has 0 unspecified atom stereocenters. The third-order valence-electron chi connectivity index (χ3n) is 3.43. The summed E-state index contributed by atoms with van der Waals surface area (Å²) in [6.45, 7) is 3.92. The van der Waals surface area contributed by atoms with Gasteiger partial charge in [-0.3, -0.25) is 4.98 Å². The van der Waals surface area contributed by atoms with Crippen molar-refractivity contribution in [1.29, 1.82) is 0 Å². The van der Waals surface area contributed by atoms with Gasteiger partial charge >= 0.3 is 0 Å². The molecule has 0 spiro atoms. The fourth-order valence-corrected chi connectivity index (χ4v) is 2.47. The molecule has 0 aliphatic rings. The van der Waals surface area contributed by atoms with Crippen LogP contribution in [0, 0.1) is 13.8 Å². The highest BCUT2D eigenvalue weighted by Gasteiger charge is 2.10. The van der Waals surface area contributed by atoms with Gasteiger partial charge in [0.2, 0.25) is 0 Å². The van der Waals surface area contributed by atoms with Crippen LogP contribution in [0.5, 0.6) is 11.5 Å². The van der Waals surface area contributed by atoms with Crippen LogP contribution < -0.4 is 9.47 Å². The Hall–Kier alpha value is -2.69. The Morgan fingerprint density at radius 3 is 2.23 bits per heavy atom. The lowest BCUT2D eigenvalue weighted by molar-refractivity contribution is 0.397. The lowest BCUT2D eigenvalue weighted by atomic mass is 10.1. The van der Waals surface area contributed by atoms with Crippen molar-refractivity contribution in [3.05, 3.63) is 41.9 Å². The smallest absolute Gasteiger partial charge is 0.159 e. The molecule has 1 aromatic carbocycles. The minimum absolute atomic E-state index is 0.663. The van der Waals surface area contributed by atoms with Crippen molar-refractivity contribution in [2.24, 2.45) is 0 Å². The number of nitrogens with zero attached hydrogens (tertiary/aromatic N) is 3. The van der Waals surface area contributed by atoms with Crippen molar-refractivity contribution >= 4 is 10.9 Å². The lowest BCUT2D eigenvalue weighted by Crippen LogP contribution is -1.96. The molecule has 112 valence electrons. The maximum atomic E-state index is 5.38. The van der Waals surface area contributed by atoms with E-state index >= 15 is 0 Å². The average Bonchev–Trinajstić information content (AvgIpc) is 2.52. The standard InChI is InChI=1S/C17H17N3O2/c1-10-5-12(6-11(2)19-10)17-18-9-14-15(20-17)7-13(21-3)8-16(14)22-4/h5-9H,1-4H3. The van der Waals surface area contributed by atoms with E-state index in [2.05, 4.69) is 15.0 Å². The number of fused-ring (bicyclic) bond motifs is 1. The molecule has 3 rings (SSSR count). The fraction of sp³-hybridized carbons (Fsp3) is 0.235. The third-order valence-corrected chi connectivity index (χ3v) is 3.43. The highest BCUT2D eigenvalue weighted by molar-refractivity contribution is 5.87. The van der Waals surface area contributed by atoms with Crippen LogP contribution in [0.1, 0.15) is 11.4 Å². The van der Waals surface area contributed by atoms with E-state index in [4.69, 9.17) is 9.47 Å². The number of aryl methyl sites for hydroxylation is 2. The minimum Gasteiger partial charge on any atom is -0.497 e. The van der Waals surface area contributed by atoms with Gasteiger partial charge in [0.1, 0.15) is 11.5 Å². The van der Waals surface area contributed by atoms with Crippen LogP contribution in [0.3, 0.4) is 0 Å². The summed E-state index contributed by atoms with van der Waals surface area (Å²) in [5.41, 5.74) is 3.63. The quantitative estimate of drug-likeness (QED) is 0.742. The maximum absolute atomic E-state index is 5.38. The molecule has 0 fully saturated rings. The van der Waals surface area contributed by atoms with Crippen molar-refractivity contribution in [1.82, 2.24) is 15.0 Å². The molecular formula is C17H17N3O2. The van der Waals surface area contributed by atoms with Gasteiger partial charge in [0, 0.05) is 35.3 Å². The summed E-state index contributed by atoms with van der Waals surface area (Å²) in [7, 11) is 3.25. The van der Waals surface area contributed by atoms with E-state index in [1.54, 1.807) is 20.4 Å². The number of methoxy groups -OCH3 is 2. The number of ether oxygens (including phenoxy) is 2. The van der Waals surface area contributed by atoms with E-state index in [9.17, 15) is 0 Å². The molecule has 0 radical (unpaired) electrons. The zero-order chi connectivity index (χ0) is 15.7. The zero-order valence-corrected chi connectivity index (χ0v) is 13.0. The molecule has 0 bridgehead atoms. The first kappa shape index (κ1) is 14.3. The largest absolute Gasteiger partial charge is 0.497 e. The molecule has 0 amide bonds. The number of rotatable bonds is 3. The molecule has 2 heterocycles. The first-order chi connectivity index (χ1) is 10.6. The van der Waals surface area contributed by atoms with Gasteiger partial charge in [0.05, 0.1) is 25.1 Å². The molecule has 0 atom stereocenters. The van der Waals surface area contributed by atoms with Crippen molar-refractivity contribution < 1.29 is 9.47 Å². The lowest BCUT2D eigenvalue weighted by Gasteiger charge is -2.09. The fourth-order valence-electron chi connectivity index (χ4n) is 2.47. The summed E-state index contributed by atoms with van der Waals surface area (Å²) in [6.07, 6.45) is 1.78. The molecule has 3 aromatic rings. The molecule has 0 N–H and O–H groups in total. The topological polar surface area (TPSA) is 57.1 Å². The van der Waals surface area contributed by atoms with Gasteiger partial charge in [-0.15, -0.1) is 0 Å². The van der Waals surface area contributed by atoms with Gasteiger partial charge in [-0.2, -0.15) is 0 Å². The predicted molar refractivity (Wildman–Crippen MR) is 85.3 cm³/mol. The number of benzene rings is 1. The number of aromatic nitrogens is 3. The highest BCUT2D eigenvalue weighted by atomic mass is 16.5. The Labute approximate surface area is 129 Å². The number of pyridine rings is 1. The first-order valence-corrected chi connectivity index (χ1v) is 6.95. The number of hydrogen-bond acceptors (Lipinski definition) is 5. The maximum Gasteiger partial charge on any atom is 0.159 e. The van der Waals surface area contributed by atoms with Gasteiger partial charge in [-0.25, -0.2) is 9.97 Å². The van der Waals surface area contributed by atoms with Crippen molar-refractivity contribution in [3.63, 3.8) is 0 Å². The van der Waals surface area contributed by atoms with Crippen LogP contribution in [-0.2, 0) is 0 Å². The summed E-state index contributed by atoms with van der Waals surface area (Å²) >= 11 is 0. The van der Waals surface area contributed by atoms with Crippen molar-refractivity contribution in [2.75, 3.05) is 14.2 Å². The van der Waals surface area contributed by atoms with Crippen molar-refractivity contribution in [2.45, 2.75) is 13.8 Å². The molecule has 0 saturated carbocycles. The second-order valence-corrected chi connectivity index (χ2v) is 5.09. The Morgan fingerprint density at radius 1 is 0.864 bits per heavy atom. The van der Waals surface area contributed by atoms with E-state index in [1.807, 2.05) is 38.1 Å². The molecule has 0 saturated heterocycles. The van der Waals surface area contributed by atoms with Crippen molar-refractivity contribution in [3.8, 4) is 22.9 Å². The van der Waals surface area contributed by atoms with E-state index < -0.39 is 0 Å². The molecule has 22 heavy (non-hydrogen) atoms. The predicted octanol–water partition coefficient (Wildman–Crippen LogP) is 3.33. The SMILES string of the molecule is COc1cc(OC)c2cnc(-c3cc(C)nc(C)c3)nc2c1. The average molecular weight is 295 g/mol. The Balaban J connectivity index is 2.20. The Kier molecular flexibility index (Phi) is 3.63. The van der Waals surface area contributed by atoms with E-state index in [0.717, 1.165) is 27.9 Å². The van der Waals surface area contributed by atoms with Gasteiger partial charge in [-0.05, 0) is 26.0 Å². The monoisotopic (exact) mass is 295 g/mol. The van der Waals surface area contributed by atoms with Crippen LogP contribution in [-0.4, -0.2) is 29.2 Å². The second-order valence-electron chi connectivity index (χ2n) is 5.09. The number of hydrogen-bond donors (Lipinski definition) is 0. The van der Waals surface area contributed by atoms with Crippen LogP contribution in [0.4, 0.5) is 0 Å². The van der Waals surface area contributed by atoms with Gasteiger partial charge in [0.15, 0.2) is 5.82 Å². The zero-order valence-electron chi connectivity index (χ0n) is 13.0. The van der Waals surface area contributed by atoms with E-state index in [0.29, 0.717) is 17.3 Å². The highest BCUT2D eigenvalue weighted by Crippen LogP contribution is 2.30. The molecule has 0 aliphatic heterocycles. The van der Waals surface area contributed by atoms with E-state index in [1.165, 1.54) is 0 Å². The van der Waals surface area contributed by atoms with Gasteiger partial charge < -0.3 is 9.47 Å². The molecular weight excluding hydrogens is 278 g/mol. The van der Waals surface area contributed by atoms with Gasteiger partial charge in [0.25, 0.3) is 0 Å². The Bertz CT molecular complexity index is 826.